The number of likely N-dealkylation sites (tertiary alicyclic amines) is 1. The van der Waals surface area contributed by atoms with Crippen molar-refractivity contribution in [3.8, 4) is 5.75 Å². The minimum atomic E-state index is 0.382. The summed E-state index contributed by atoms with van der Waals surface area (Å²) in [5.41, 5.74) is 6.51. The van der Waals surface area contributed by atoms with Crippen molar-refractivity contribution in [2.45, 2.75) is 25.4 Å². The lowest BCUT2D eigenvalue weighted by Gasteiger charge is -2.31. The second kappa shape index (κ2) is 8.32. The average Bonchev–Trinajstić information content (AvgIpc) is 2.52. The van der Waals surface area contributed by atoms with Gasteiger partial charge in [-0.25, -0.2) is 0 Å². The van der Waals surface area contributed by atoms with Crippen LogP contribution in [0.2, 0.25) is 0 Å². The van der Waals surface area contributed by atoms with Gasteiger partial charge in [0.15, 0.2) is 0 Å². The predicted octanol–water partition coefficient (Wildman–Crippen LogP) is 2.20. The van der Waals surface area contributed by atoms with Gasteiger partial charge >= 0.3 is 0 Å². The molecule has 4 nitrogen and oxygen atoms in total. The Morgan fingerprint density at radius 2 is 2.05 bits per heavy atom. The lowest BCUT2D eigenvalue weighted by Crippen LogP contribution is -2.37. The Morgan fingerprint density at radius 3 is 2.71 bits per heavy atom. The van der Waals surface area contributed by atoms with E-state index in [2.05, 4.69) is 4.90 Å². The molecule has 1 fully saturated rings. The molecule has 116 valence electrons. The van der Waals surface area contributed by atoms with Crippen LogP contribution in [-0.4, -0.2) is 49.3 Å². The molecule has 0 unspecified atom stereocenters. The van der Waals surface area contributed by atoms with E-state index in [0.717, 1.165) is 50.2 Å². The number of hydrogen-bond acceptors (Lipinski definition) is 4. The standard InChI is InChI=1S/C16H24N2O2S/c1-19-13-7-10-18(11-8-13)9-4-12-20-15-6-3-2-5-14(15)16(17)21/h2-3,5-6,13H,4,7-12H2,1H3,(H2,17,21). The Hall–Kier alpha value is -1.17. The topological polar surface area (TPSA) is 47.7 Å². The van der Waals surface area contributed by atoms with E-state index >= 15 is 0 Å². The Bertz CT molecular complexity index is 459. The molecular formula is C16H24N2O2S. The van der Waals surface area contributed by atoms with Crippen LogP contribution in [0.1, 0.15) is 24.8 Å². The Morgan fingerprint density at radius 1 is 1.33 bits per heavy atom. The summed E-state index contributed by atoms with van der Waals surface area (Å²) in [5, 5.41) is 0. The second-order valence-corrected chi connectivity index (χ2v) is 5.78. The van der Waals surface area contributed by atoms with Gasteiger partial charge in [-0.05, 0) is 31.4 Å². The van der Waals surface area contributed by atoms with E-state index in [1.807, 2.05) is 24.3 Å². The van der Waals surface area contributed by atoms with Crippen LogP contribution in [0.3, 0.4) is 0 Å². The third kappa shape index (κ3) is 4.95. The van der Waals surface area contributed by atoms with E-state index in [-0.39, 0.29) is 0 Å². The van der Waals surface area contributed by atoms with E-state index < -0.39 is 0 Å². The molecule has 1 aromatic rings. The minimum absolute atomic E-state index is 0.382. The highest BCUT2D eigenvalue weighted by molar-refractivity contribution is 7.80. The summed E-state index contributed by atoms with van der Waals surface area (Å²) in [4.78, 5) is 2.85. The molecule has 0 radical (unpaired) electrons. The summed E-state index contributed by atoms with van der Waals surface area (Å²) >= 11 is 5.03. The van der Waals surface area contributed by atoms with Crippen LogP contribution in [-0.2, 0) is 4.74 Å². The van der Waals surface area contributed by atoms with E-state index in [0.29, 0.717) is 17.7 Å². The summed E-state index contributed by atoms with van der Waals surface area (Å²) in [6.45, 7) is 3.97. The van der Waals surface area contributed by atoms with Gasteiger partial charge in [0.25, 0.3) is 0 Å². The van der Waals surface area contributed by atoms with Crippen molar-refractivity contribution in [2.24, 2.45) is 5.73 Å². The Kier molecular flexibility index (Phi) is 6.42. The van der Waals surface area contributed by atoms with E-state index in [1.165, 1.54) is 0 Å². The van der Waals surface area contributed by atoms with Crippen molar-refractivity contribution in [3.63, 3.8) is 0 Å². The molecule has 2 N–H and O–H groups in total. The number of methoxy groups -OCH3 is 1. The van der Waals surface area contributed by atoms with Gasteiger partial charge in [0.05, 0.1) is 18.3 Å². The van der Waals surface area contributed by atoms with Gasteiger partial charge in [-0.15, -0.1) is 0 Å². The maximum Gasteiger partial charge on any atom is 0.129 e. The number of para-hydroxylation sites is 1. The number of rotatable bonds is 7. The summed E-state index contributed by atoms with van der Waals surface area (Å²) in [7, 11) is 1.80. The van der Waals surface area contributed by atoms with Crippen LogP contribution in [0.4, 0.5) is 0 Å². The fourth-order valence-electron chi connectivity index (χ4n) is 2.63. The first-order valence-electron chi connectivity index (χ1n) is 7.47. The summed E-state index contributed by atoms with van der Waals surface area (Å²) < 4.78 is 11.2. The molecule has 1 saturated heterocycles. The predicted molar refractivity (Wildman–Crippen MR) is 88.9 cm³/mol. The van der Waals surface area contributed by atoms with Crippen LogP contribution in [0.25, 0.3) is 0 Å². The van der Waals surface area contributed by atoms with Crippen LogP contribution in [0.15, 0.2) is 24.3 Å². The monoisotopic (exact) mass is 308 g/mol. The molecule has 1 heterocycles. The molecule has 0 aliphatic carbocycles. The van der Waals surface area contributed by atoms with Gasteiger partial charge in [0.1, 0.15) is 10.7 Å². The van der Waals surface area contributed by atoms with Crippen molar-refractivity contribution in [1.82, 2.24) is 4.90 Å². The molecule has 5 heteroatoms. The van der Waals surface area contributed by atoms with Gasteiger partial charge < -0.3 is 20.1 Å². The molecule has 0 spiro atoms. The minimum Gasteiger partial charge on any atom is -0.493 e. The van der Waals surface area contributed by atoms with Gasteiger partial charge in [0.2, 0.25) is 0 Å². The fraction of sp³-hybridized carbons (Fsp3) is 0.562. The van der Waals surface area contributed by atoms with Crippen molar-refractivity contribution in [2.75, 3.05) is 33.4 Å². The van der Waals surface area contributed by atoms with Gasteiger partial charge in [-0.3, -0.25) is 0 Å². The van der Waals surface area contributed by atoms with Crippen LogP contribution >= 0.6 is 12.2 Å². The molecule has 0 aromatic heterocycles. The SMILES string of the molecule is COC1CCN(CCCOc2ccccc2C(N)=S)CC1. The lowest BCUT2D eigenvalue weighted by molar-refractivity contribution is 0.0398. The first-order valence-corrected chi connectivity index (χ1v) is 7.88. The first kappa shape index (κ1) is 16.2. The highest BCUT2D eigenvalue weighted by atomic mass is 32.1. The summed E-state index contributed by atoms with van der Waals surface area (Å²) in [6, 6.07) is 7.67. The molecule has 1 aliphatic rings. The number of benzene rings is 1. The zero-order valence-electron chi connectivity index (χ0n) is 12.6. The third-order valence-corrected chi connectivity index (χ3v) is 4.12. The third-order valence-electron chi connectivity index (χ3n) is 3.90. The van der Waals surface area contributed by atoms with Gasteiger partial charge in [-0.2, -0.15) is 0 Å². The van der Waals surface area contributed by atoms with Crippen LogP contribution < -0.4 is 10.5 Å². The highest BCUT2D eigenvalue weighted by Crippen LogP contribution is 2.18. The molecular weight excluding hydrogens is 284 g/mol. The number of ether oxygens (including phenoxy) is 2. The van der Waals surface area contributed by atoms with E-state index in [1.54, 1.807) is 7.11 Å². The Labute approximate surface area is 132 Å². The van der Waals surface area contributed by atoms with Crippen LogP contribution in [0.5, 0.6) is 5.75 Å². The summed E-state index contributed by atoms with van der Waals surface area (Å²) in [6.07, 6.45) is 3.70. The van der Waals surface area contributed by atoms with Crippen LogP contribution in [0, 0.1) is 0 Å². The second-order valence-electron chi connectivity index (χ2n) is 5.34. The first-order chi connectivity index (χ1) is 10.2. The van der Waals surface area contributed by atoms with Crippen molar-refractivity contribution < 1.29 is 9.47 Å². The molecule has 0 amide bonds. The summed E-state index contributed by atoms with van der Waals surface area (Å²) in [5.74, 6) is 0.781. The van der Waals surface area contributed by atoms with Crippen molar-refractivity contribution in [1.29, 1.82) is 0 Å². The lowest BCUT2D eigenvalue weighted by atomic mass is 10.1. The normalized spacial score (nSPS) is 16.8. The number of nitrogens with two attached hydrogens (primary N) is 1. The van der Waals surface area contributed by atoms with E-state index in [4.69, 9.17) is 27.4 Å². The number of piperidine rings is 1. The number of nitrogens with zero attached hydrogens (tertiary/aromatic N) is 1. The van der Waals surface area contributed by atoms with E-state index in [9.17, 15) is 0 Å². The molecule has 1 aliphatic heterocycles. The quantitative estimate of drug-likeness (QED) is 0.618. The maximum absolute atomic E-state index is 5.81. The van der Waals surface area contributed by atoms with Gasteiger partial charge in [0, 0.05) is 26.7 Å². The molecule has 0 saturated carbocycles. The molecule has 0 bridgehead atoms. The van der Waals surface area contributed by atoms with Crippen molar-refractivity contribution >= 4 is 17.2 Å². The highest BCUT2D eigenvalue weighted by Gasteiger charge is 2.17. The maximum atomic E-state index is 5.81. The Balaban J connectivity index is 1.70. The fourth-order valence-corrected chi connectivity index (χ4v) is 2.80. The molecule has 21 heavy (non-hydrogen) atoms. The zero-order valence-corrected chi connectivity index (χ0v) is 13.4. The van der Waals surface area contributed by atoms with Crippen molar-refractivity contribution in [3.05, 3.63) is 29.8 Å². The molecule has 0 atom stereocenters. The number of thiocarbonyl (C=S) groups is 1. The van der Waals surface area contributed by atoms with Gasteiger partial charge in [-0.1, -0.05) is 24.4 Å². The zero-order chi connectivity index (χ0) is 15.1. The number of hydrogen-bond donors (Lipinski definition) is 1. The average molecular weight is 308 g/mol. The largest absolute Gasteiger partial charge is 0.493 e. The smallest absolute Gasteiger partial charge is 0.129 e. The molecule has 2 rings (SSSR count). The molecule has 1 aromatic carbocycles.